The van der Waals surface area contributed by atoms with Crippen LogP contribution in [0.3, 0.4) is 0 Å². The van der Waals surface area contributed by atoms with Crippen molar-refractivity contribution in [1.82, 2.24) is 20.1 Å². The van der Waals surface area contributed by atoms with Gasteiger partial charge < -0.3 is 16.0 Å². The molecule has 0 spiro atoms. The number of fused-ring (bicyclic) bond motifs is 1. The highest BCUT2D eigenvalue weighted by Crippen LogP contribution is 2.31. The molecule has 0 unspecified atom stereocenters. The Morgan fingerprint density at radius 3 is 2.53 bits per heavy atom. The number of halogens is 3. The summed E-state index contributed by atoms with van der Waals surface area (Å²) in [6.45, 7) is 0.0362. The van der Waals surface area contributed by atoms with Crippen LogP contribution in [0.5, 0.6) is 0 Å². The summed E-state index contributed by atoms with van der Waals surface area (Å²) >= 11 is 0. The molecule has 8 nitrogen and oxygen atoms in total. The third kappa shape index (κ3) is 3.91. The molecular formula is C19H17F3N6O2. The summed E-state index contributed by atoms with van der Waals surface area (Å²) in [6.07, 6.45) is -0.202. The lowest BCUT2D eigenvalue weighted by molar-refractivity contribution is -0.144. The standard InChI is InChI=1S/C19H17F3N6O2/c20-19(21,22)11-3-1-10(2-4-11)9-28(12-5-6-12)18(30)17(29)26-14-8-24-16(23)13-7-25-27-15(13)14/h1-4,7-8,12H,5-6,9H2,(H2,23,24)(H,25,27)(H,26,29). The molecule has 3 aromatic rings. The van der Waals surface area contributed by atoms with Crippen molar-refractivity contribution in [2.24, 2.45) is 0 Å². The molecule has 0 bridgehead atoms. The van der Waals surface area contributed by atoms with E-state index >= 15 is 0 Å². The maximum atomic E-state index is 12.8. The van der Waals surface area contributed by atoms with Gasteiger partial charge in [-0.05, 0) is 30.5 Å². The smallest absolute Gasteiger partial charge is 0.383 e. The van der Waals surface area contributed by atoms with Gasteiger partial charge >= 0.3 is 18.0 Å². The maximum Gasteiger partial charge on any atom is 0.416 e. The van der Waals surface area contributed by atoms with Gasteiger partial charge in [0.2, 0.25) is 0 Å². The number of aromatic nitrogens is 3. The van der Waals surface area contributed by atoms with Gasteiger partial charge in [-0.1, -0.05) is 12.1 Å². The minimum atomic E-state index is -4.43. The van der Waals surface area contributed by atoms with Gasteiger partial charge in [-0.2, -0.15) is 18.3 Å². The largest absolute Gasteiger partial charge is 0.416 e. The van der Waals surface area contributed by atoms with E-state index in [-0.39, 0.29) is 24.1 Å². The minimum Gasteiger partial charge on any atom is -0.383 e. The summed E-state index contributed by atoms with van der Waals surface area (Å²) in [6, 6.07) is 4.41. The van der Waals surface area contributed by atoms with E-state index in [0.717, 1.165) is 25.0 Å². The zero-order chi connectivity index (χ0) is 21.5. The fraction of sp³-hybridized carbons (Fsp3) is 0.263. The average molecular weight is 418 g/mol. The highest BCUT2D eigenvalue weighted by Gasteiger charge is 2.36. The summed E-state index contributed by atoms with van der Waals surface area (Å²) in [4.78, 5) is 30.7. The topological polar surface area (TPSA) is 117 Å². The van der Waals surface area contributed by atoms with E-state index < -0.39 is 23.6 Å². The number of aromatic amines is 1. The van der Waals surface area contributed by atoms with Crippen LogP contribution >= 0.6 is 0 Å². The van der Waals surface area contributed by atoms with Crippen molar-refractivity contribution < 1.29 is 22.8 Å². The summed E-state index contributed by atoms with van der Waals surface area (Å²) in [5.74, 6) is -1.43. The van der Waals surface area contributed by atoms with Crippen molar-refractivity contribution in [2.45, 2.75) is 31.6 Å². The molecule has 1 aliphatic carbocycles. The van der Waals surface area contributed by atoms with Crippen molar-refractivity contribution in [2.75, 3.05) is 11.1 Å². The molecule has 2 heterocycles. The van der Waals surface area contributed by atoms with Crippen LogP contribution in [0.15, 0.2) is 36.7 Å². The van der Waals surface area contributed by atoms with Crippen LogP contribution in [-0.2, 0) is 22.3 Å². The van der Waals surface area contributed by atoms with Gasteiger partial charge in [0.05, 0.1) is 34.5 Å². The van der Waals surface area contributed by atoms with Gasteiger partial charge in [-0.25, -0.2) is 4.98 Å². The van der Waals surface area contributed by atoms with Crippen LogP contribution in [0.1, 0.15) is 24.0 Å². The second-order valence-electron chi connectivity index (χ2n) is 7.03. The molecule has 1 saturated carbocycles. The number of carbonyl (C=O) groups excluding carboxylic acids is 2. The fourth-order valence-corrected chi connectivity index (χ4v) is 3.10. The monoisotopic (exact) mass is 418 g/mol. The summed E-state index contributed by atoms with van der Waals surface area (Å²) < 4.78 is 38.2. The Balaban J connectivity index is 1.50. The number of pyridine rings is 1. The van der Waals surface area contributed by atoms with E-state index in [1.807, 2.05) is 0 Å². The van der Waals surface area contributed by atoms with E-state index in [4.69, 9.17) is 5.73 Å². The number of nitrogens with two attached hydrogens (primary N) is 1. The number of hydrogen-bond donors (Lipinski definition) is 3. The number of rotatable bonds is 4. The number of nitrogens with zero attached hydrogens (tertiary/aromatic N) is 3. The van der Waals surface area contributed by atoms with E-state index in [0.29, 0.717) is 16.5 Å². The first-order chi connectivity index (χ1) is 14.2. The van der Waals surface area contributed by atoms with Crippen molar-refractivity contribution in [3.63, 3.8) is 0 Å². The molecule has 0 atom stereocenters. The van der Waals surface area contributed by atoms with Crippen molar-refractivity contribution in [3.8, 4) is 0 Å². The molecule has 0 radical (unpaired) electrons. The number of anilines is 2. The molecule has 30 heavy (non-hydrogen) atoms. The van der Waals surface area contributed by atoms with Crippen molar-refractivity contribution >= 4 is 34.2 Å². The highest BCUT2D eigenvalue weighted by molar-refractivity contribution is 6.40. The van der Waals surface area contributed by atoms with Crippen LogP contribution in [0, 0.1) is 0 Å². The van der Waals surface area contributed by atoms with Crippen LogP contribution in [0.4, 0.5) is 24.7 Å². The molecule has 4 rings (SSSR count). The van der Waals surface area contributed by atoms with Crippen LogP contribution in [0.2, 0.25) is 0 Å². The van der Waals surface area contributed by atoms with Gasteiger partial charge in [0.25, 0.3) is 0 Å². The van der Waals surface area contributed by atoms with Crippen LogP contribution in [0.25, 0.3) is 10.9 Å². The summed E-state index contributed by atoms with van der Waals surface area (Å²) in [7, 11) is 0. The number of alkyl halides is 3. The number of hydrogen-bond acceptors (Lipinski definition) is 5. The first kappa shape index (κ1) is 19.7. The Morgan fingerprint density at radius 1 is 1.20 bits per heavy atom. The predicted molar refractivity (Wildman–Crippen MR) is 102 cm³/mol. The minimum absolute atomic E-state index is 0.0362. The molecule has 2 amide bonds. The number of nitrogen functional groups attached to an aromatic ring is 1. The third-order valence-electron chi connectivity index (χ3n) is 4.84. The number of amides is 2. The van der Waals surface area contributed by atoms with E-state index in [1.165, 1.54) is 29.4 Å². The summed E-state index contributed by atoms with van der Waals surface area (Å²) in [5.41, 5.74) is 6.17. The van der Waals surface area contributed by atoms with Crippen LogP contribution < -0.4 is 11.1 Å². The normalized spacial score (nSPS) is 14.0. The van der Waals surface area contributed by atoms with E-state index in [9.17, 15) is 22.8 Å². The molecule has 156 valence electrons. The van der Waals surface area contributed by atoms with Crippen LogP contribution in [-0.4, -0.2) is 37.9 Å². The molecule has 1 aromatic carbocycles. The fourth-order valence-electron chi connectivity index (χ4n) is 3.10. The maximum absolute atomic E-state index is 12.8. The molecule has 0 aliphatic heterocycles. The van der Waals surface area contributed by atoms with Gasteiger partial charge in [0.15, 0.2) is 0 Å². The van der Waals surface area contributed by atoms with E-state index in [2.05, 4.69) is 20.5 Å². The number of carbonyl (C=O) groups is 2. The van der Waals surface area contributed by atoms with Crippen molar-refractivity contribution in [1.29, 1.82) is 0 Å². The van der Waals surface area contributed by atoms with Gasteiger partial charge in [0, 0.05) is 12.6 Å². The quantitative estimate of drug-likeness (QED) is 0.563. The highest BCUT2D eigenvalue weighted by atomic mass is 19.4. The van der Waals surface area contributed by atoms with Gasteiger partial charge in [-0.15, -0.1) is 0 Å². The van der Waals surface area contributed by atoms with Gasteiger partial charge in [-0.3, -0.25) is 14.7 Å². The number of nitrogens with one attached hydrogen (secondary N) is 2. The Labute approximate surface area is 168 Å². The Morgan fingerprint density at radius 2 is 1.90 bits per heavy atom. The molecular weight excluding hydrogens is 401 g/mol. The Kier molecular flexibility index (Phi) is 4.80. The number of H-pyrrole nitrogens is 1. The predicted octanol–water partition coefficient (Wildman–Crippen LogP) is 2.69. The SMILES string of the molecule is Nc1ncc(NC(=O)C(=O)N(Cc2ccc(C(F)(F)F)cc2)C2CC2)c2[nH]ncc12. The molecule has 4 N–H and O–H groups in total. The van der Waals surface area contributed by atoms with E-state index in [1.54, 1.807) is 0 Å². The molecule has 2 aromatic heterocycles. The second-order valence-corrected chi connectivity index (χ2v) is 7.03. The average Bonchev–Trinajstić information content (AvgIpc) is 3.42. The zero-order valence-electron chi connectivity index (χ0n) is 15.5. The Bertz CT molecular complexity index is 1110. The lowest BCUT2D eigenvalue weighted by Gasteiger charge is -2.22. The molecule has 0 saturated heterocycles. The number of benzene rings is 1. The third-order valence-corrected chi connectivity index (χ3v) is 4.84. The molecule has 1 aliphatic rings. The first-order valence-electron chi connectivity index (χ1n) is 9.09. The lowest BCUT2D eigenvalue weighted by atomic mass is 10.1. The second kappa shape index (κ2) is 7.32. The van der Waals surface area contributed by atoms with Crippen molar-refractivity contribution in [3.05, 3.63) is 47.8 Å². The van der Waals surface area contributed by atoms with Gasteiger partial charge in [0.1, 0.15) is 5.82 Å². The zero-order valence-corrected chi connectivity index (χ0v) is 15.5. The first-order valence-corrected chi connectivity index (χ1v) is 9.09. The molecule has 11 heteroatoms. The lowest BCUT2D eigenvalue weighted by Crippen LogP contribution is -2.40. The summed E-state index contributed by atoms with van der Waals surface area (Å²) in [5, 5.41) is 9.56. The Hall–Kier alpha value is -3.63. The molecule has 1 fully saturated rings.